The van der Waals surface area contributed by atoms with E-state index in [-0.39, 0.29) is 0 Å². The van der Waals surface area contributed by atoms with Crippen LogP contribution in [-0.2, 0) is 0 Å². The molecule has 4 aromatic heterocycles. The minimum absolute atomic E-state index is 1.04. The van der Waals surface area contributed by atoms with Crippen LogP contribution in [0.1, 0.15) is 0 Å². The van der Waals surface area contributed by atoms with E-state index in [2.05, 4.69) is 228 Å². The first kappa shape index (κ1) is 37.8. The summed E-state index contributed by atoms with van der Waals surface area (Å²) in [6.07, 6.45) is 0. The number of hydrogen-bond donors (Lipinski definition) is 0. The van der Waals surface area contributed by atoms with Crippen LogP contribution < -0.4 is 20.7 Å². The van der Waals surface area contributed by atoms with Gasteiger partial charge in [0.05, 0.1) is 42.5 Å². The first-order valence-corrected chi connectivity index (χ1v) is 27.1. The Kier molecular flexibility index (Phi) is 7.64. The molecule has 69 heavy (non-hydrogen) atoms. The molecule has 0 radical (unpaired) electrons. The predicted molar refractivity (Wildman–Crippen MR) is 294 cm³/mol. The van der Waals surface area contributed by atoms with Gasteiger partial charge in [-0.2, -0.15) is 0 Å². The molecule has 0 atom stereocenters. The number of thiazole rings is 2. The zero-order chi connectivity index (χ0) is 45.0. The van der Waals surface area contributed by atoms with Gasteiger partial charge in [-0.3, -0.25) is 0 Å². The van der Waals surface area contributed by atoms with Gasteiger partial charge < -0.3 is 9.13 Å². The van der Waals surface area contributed by atoms with E-state index in [0.29, 0.717) is 0 Å². The minimum Gasteiger partial charge on any atom is -0.309 e. The Morgan fingerprint density at radius 2 is 0.652 bits per heavy atom. The second-order valence-electron chi connectivity index (χ2n) is 18.4. The highest BCUT2D eigenvalue weighted by Gasteiger charge is 2.54. The van der Waals surface area contributed by atoms with Crippen LogP contribution in [0.3, 0.4) is 0 Å². The van der Waals surface area contributed by atoms with Crippen molar-refractivity contribution >= 4 is 116 Å². The molecule has 320 valence electrons. The van der Waals surface area contributed by atoms with Crippen LogP contribution in [0, 0.1) is 0 Å². The summed E-state index contributed by atoms with van der Waals surface area (Å²) in [5, 5.41) is 12.9. The van der Waals surface area contributed by atoms with E-state index < -0.39 is 8.07 Å². The summed E-state index contributed by atoms with van der Waals surface area (Å²) >= 11 is 3.54. The Morgan fingerprint density at radius 3 is 1.04 bits per heavy atom. The van der Waals surface area contributed by atoms with Gasteiger partial charge >= 0.3 is 0 Å². The SMILES string of the molecule is c1ccc2sc(-c3ccc4c(c3)-c3cc(-c5nc6ccccc6s5)ccc3[Si]43c4ccc(-n5c6ccccc6c6ccccc65)cc4-c4cc(-n5c6ccccc6c6ccccc65)ccc43)nc2c1. The molecule has 0 saturated carbocycles. The van der Waals surface area contributed by atoms with E-state index in [1.165, 1.54) is 107 Å². The van der Waals surface area contributed by atoms with Crippen LogP contribution in [0.4, 0.5) is 0 Å². The van der Waals surface area contributed by atoms with Crippen molar-refractivity contribution in [2.45, 2.75) is 0 Å². The van der Waals surface area contributed by atoms with Crippen molar-refractivity contribution in [1.29, 1.82) is 0 Å². The highest BCUT2D eigenvalue weighted by atomic mass is 32.1. The van der Waals surface area contributed by atoms with Crippen molar-refractivity contribution in [3.8, 4) is 54.8 Å². The minimum atomic E-state index is -2.95. The number of aromatic nitrogens is 4. The van der Waals surface area contributed by atoms with Gasteiger partial charge in [0.15, 0.2) is 8.07 Å². The third kappa shape index (κ3) is 5.11. The zero-order valence-electron chi connectivity index (χ0n) is 36.9. The lowest BCUT2D eigenvalue weighted by Gasteiger charge is -2.28. The van der Waals surface area contributed by atoms with Gasteiger partial charge in [0.1, 0.15) is 10.0 Å². The van der Waals surface area contributed by atoms with Crippen LogP contribution >= 0.6 is 22.7 Å². The number of hydrogen-bond acceptors (Lipinski definition) is 4. The van der Waals surface area contributed by atoms with E-state index in [1.54, 1.807) is 22.7 Å². The first-order chi connectivity index (χ1) is 34.2. The van der Waals surface area contributed by atoms with E-state index in [1.807, 2.05) is 0 Å². The molecule has 1 spiro atoms. The van der Waals surface area contributed by atoms with Crippen LogP contribution in [0.5, 0.6) is 0 Å². The Balaban J connectivity index is 0.995. The van der Waals surface area contributed by atoms with Crippen molar-refractivity contribution in [2.24, 2.45) is 0 Å². The lowest BCUT2D eigenvalue weighted by molar-refractivity contribution is 1.18. The number of nitrogens with zero attached hydrogens (tertiary/aromatic N) is 4. The maximum Gasteiger partial charge on any atom is 0.182 e. The molecule has 0 saturated heterocycles. The number of para-hydroxylation sites is 6. The predicted octanol–water partition coefficient (Wildman–Crippen LogP) is 13.8. The molecule has 0 amide bonds. The molecule has 0 unspecified atom stereocenters. The van der Waals surface area contributed by atoms with E-state index in [9.17, 15) is 0 Å². The average Bonchev–Trinajstić information content (AvgIpc) is 4.26. The summed E-state index contributed by atoms with van der Waals surface area (Å²) in [7, 11) is -2.95. The third-order valence-corrected chi connectivity index (χ3v) is 22.1. The molecule has 0 bridgehead atoms. The molecule has 0 aliphatic carbocycles. The van der Waals surface area contributed by atoms with Crippen molar-refractivity contribution in [1.82, 2.24) is 19.1 Å². The molecule has 16 rings (SSSR count). The number of fused-ring (bicyclic) bond motifs is 18. The van der Waals surface area contributed by atoms with E-state index >= 15 is 0 Å². The fourth-order valence-corrected chi connectivity index (χ4v) is 19.6. The van der Waals surface area contributed by atoms with Gasteiger partial charge in [-0.05, 0) is 128 Å². The topological polar surface area (TPSA) is 35.6 Å². The average molecular weight is 929 g/mol. The lowest BCUT2D eigenvalue weighted by Crippen LogP contribution is -2.70. The zero-order valence-corrected chi connectivity index (χ0v) is 39.5. The summed E-state index contributed by atoms with van der Waals surface area (Å²) in [5.74, 6) is 0. The van der Waals surface area contributed by atoms with Crippen molar-refractivity contribution in [2.75, 3.05) is 0 Å². The molecule has 4 nitrogen and oxygen atoms in total. The Labute approximate surface area is 405 Å². The van der Waals surface area contributed by atoms with E-state index in [4.69, 9.17) is 9.97 Å². The van der Waals surface area contributed by atoms with Crippen LogP contribution in [0.15, 0.2) is 218 Å². The van der Waals surface area contributed by atoms with Crippen LogP contribution in [0.25, 0.3) is 119 Å². The molecular formula is C62H36N4S2Si. The summed E-state index contributed by atoms with van der Waals surface area (Å²) < 4.78 is 7.35. The van der Waals surface area contributed by atoms with Gasteiger partial charge in [0.25, 0.3) is 0 Å². The fourth-order valence-electron chi connectivity index (χ4n) is 12.2. The highest BCUT2D eigenvalue weighted by molar-refractivity contribution is 7.24. The maximum absolute atomic E-state index is 5.19. The fraction of sp³-hybridized carbons (Fsp3) is 0. The van der Waals surface area contributed by atoms with Crippen molar-refractivity contribution in [3.05, 3.63) is 218 Å². The second kappa shape index (κ2) is 13.9. The Morgan fingerprint density at radius 1 is 0.319 bits per heavy atom. The largest absolute Gasteiger partial charge is 0.309 e. The Bertz CT molecular complexity index is 4070. The van der Waals surface area contributed by atoms with Gasteiger partial charge in [-0.25, -0.2) is 9.97 Å². The molecule has 10 aromatic carbocycles. The van der Waals surface area contributed by atoms with E-state index in [0.717, 1.165) is 32.2 Å². The standard InChI is InChI=1S/C62H36N4S2Si/c1-7-19-51-41(13-1)42-14-2-8-20-52(42)65(51)39-27-31-59-47(35-39)48-36-40(66-53-21-9-3-15-43(53)44-16-4-10-22-54(44)66)28-32-60(48)69(59)57-29-25-37(61-63-49-17-5-11-23-55(49)67-61)33-45(57)46-34-38(26-30-58(46)69)62-64-50-18-6-12-24-56(50)68-62/h1-36H. The Hall–Kier alpha value is -8.20. The van der Waals surface area contributed by atoms with Crippen LogP contribution in [-0.4, -0.2) is 27.2 Å². The van der Waals surface area contributed by atoms with Crippen molar-refractivity contribution in [3.63, 3.8) is 0 Å². The summed E-state index contributed by atoms with van der Waals surface area (Å²) in [6, 6.07) is 81.7. The number of rotatable bonds is 4. The molecule has 7 heteroatoms. The summed E-state index contributed by atoms with van der Waals surface area (Å²) in [5.41, 5.74) is 16.8. The molecule has 0 fully saturated rings. The molecular weight excluding hydrogens is 893 g/mol. The molecule has 6 heterocycles. The van der Waals surface area contributed by atoms with Gasteiger partial charge in [0.2, 0.25) is 0 Å². The number of benzene rings is 10. The molecule has 2 aliphatic rings. The normalized spacial score (nSPS) is 13.3. The summed E-state index contributed by atoms with van der Waals surface area (Å²) in [6.45, 7) is 0. The quantitative estimate of drug-likeness (QED) is 0.165. The third-order valence-electron chi connectivity index (χ3n) is 15.0. The molecule has 2 aliphatic heterocycles. The van der Waals surface area contributed by atoms with Gasteiger partial charge in [-0.1, -0.05) is 133 Å². The highest BCUT2D eigenvalue weighted by Crippen LogP contribution is 2.43. The van der Waals surface area contributed by atoms with Crippen molar-refractivity contribution < 1.29 is 0 Å². The first-order valence-electron chi connectivity index (χ1n) is 23.5. The second-order valence-corrected chi connectivity index (χ2v) is 24.2. The molecule has 0 N–H and O–H groups in total. The monoisotopic (exact) mass is 928 g/mol. The lowest BCUT2D eigenvalue weighted by atomic mass is 10.0. The summed E-state index contributed by atoms with van der Waals surface area (Å²) in [4.78, 5) is 10.4. The van der Waals surface area contributed by atoms with Gasteiger partial charge in [-0.15, -0.1) is 22.7 Å². The smallest absolute Gasteiger partial charge is 0.182 e. The molecule has 14 aromatic rings. The van der Waals surface area contributed by atoms with Crippen LogP contribution in [0.2, 0.25) is 0 Å². The maximum atomic E-state index is 5.19. The van der Waals surface area contributed by atoms with Gasteiger partial charge in [0, 0.05) is 44.0 Å².